The number of benzene rings is 1. The minimum Gasteiger partial charge on any atom is -0.478 e. The van der Waals surface area contributed by atoms with E-state index in [2.05, 4.69) is 22.8 Å². The van der Waals surface area contributed by atoms with Crippen LogP contribution in [0.5, 0.6) is 0 Å². The number of carboxylic acids is 1. The van der Waals surface area contributed by atoms with Gasteiger partial charge in [0.15, 0.2) is 0 Å². The number of hydrogen-bond donors (Lipinski definition) is 2. The molecular weight excluding hydrogens is 228 g/mol. The molecule has 1 aromatic rings. The van der Waals surface area contributed by atoms with Crippen LogP contribution in [0.4, 0.5) is 5.69 Å². The Kier molecular flexibility index (Phi) is 4.50. The van der Waals surface area contributed by atoms with E-state index in [9.17, 15) is 4.79 Å². The standard InChI is InChI=1S/C9H10N4O2S/c10-11-12-13(8(6-16)9(14)15)7-4-2-1-3-5-7/h1-5,8,16H,6H2,(H,14,15)/t8-/m0/s1. The van der Waals surface area contributed by atoms with Gasteiger partial charge >= 0.3 is 5.97 Å². The fourth-order valence-electron chi connectivity index (χ4n) is 1.18. The Morgan fingerprint density at radius 2 is 2.19 bits per heavy atom. The molecule has 1 atom stereocenters. The number of carbonyl (C=O) groups is 1. The van der Waals surface area contributed by atoms with Gasteiger partial charge in [0, 0.05) is 5.75 Å². The third kappa shape index (κ3) is 2.82. The fourth-order valence-corrected chi connectivity index (χ4v) is 1.49. The maximum absolute atomic E-state index is 10.9. The SMILES string of the molecule is [N-]=[N+]=NN(c1ccccc1)[C@@H](CS)C(=O)O. The van der Waals surface area contributed by atoms with Crippen LogP contribution in [0.3, 0.4) is 0 Å². The second-order valence-corrected chi connectivity index (χ2v) is 3.26. The van der Waals surface area contributed by atoms with Crippen LogP contribution in [0.1, 0.15) is 0 Å². The molecule has 16 heavy (non-hydrogen) atoms. The van der Waals surface area contributed by atoms with Crippen molar-refractivity contribution in [3.05, 3.63) is 40.8 Å². The van der Waals surface area contributed by atoms with Crippen LogP contribution in [0, 0.1) is 0 Å². The zero-order chi connectivity index (χ0) is 12.0. The van der Waals surface area contributed by atoms with Crippen LogP contribution in [0.2, 0.25) is 0 Å². The molecule has 1 rings (SSSR count). The Labute approximate surface area is 97.5 Å². The molecule has 0 unspecified atom stereocenters. The van der Waals surface area contributed by atoms with Crippen molar-refractivity contribution < 1.29 is 9.90 Å². The first-order valence-corrected chi connectivity index (χ1v) is 5.07. The molecule has 84 valence electrons. The summed E-state index contributed by atoms with van der Waals surface area (Å²) in [7, 11) is 0. The lowest BCUT2D eigenvalue weighted by Crippen LogP contribution is -2.39. The molecule has 0 saturated carbocycles. The molecule has 6 nitrogen and oxygen atoms in total. The number of azide groups is 1. The van der Waals surface area contributed by atoms with Gasteiger partial charge in [-0.3, -0.25) is 0 Å². The summed E-state index contributed by atoms with van der Waals surface area (Å²) < 4.78 is 0. The largest absolute Gasteiger partial charge is 0.478 e. The summed E-state index contributed by atoms with van der Waals surface area (Å²) in [6.45, 7) is 0. The van der Waals surface area contributed by atoms with Crippen molar-refractivity contribution in [1.82, 2.24) is 0 Å². The van der Waals surface area contributed by atoms with Crippen LogP contribution in [-0.2, 0) is 4.79 Å². The molecule has 0 heterocycles. The maximum Gasteiger partial charge on any atom is 0.350 e. The summed E-state index contributed by atoms with van der Waals surface area (Å²) in [5, 5.41) is 13.4. The highest BCUT2D eigenvalue weighted by Gasteiger charge is 2.28. The molecule has 0 aliphatic heterocycles. The first-order valence-electron chi connectivity index (χ1n) is 4.43. The van der Waals surface area contributed by atoms with Crippen LogP contribution in [-0.4, -0.2) is 22.9 Å². The van der Waals surface area contributed by atoms with Crippen molar-refractivity contribution in [2.24, 2.45) is 5.22 Å². The van der Waals surface area contributed by atoms with Gasteiger partial charge in [0.1, 0.15) is 5.69 Å². The summed E-state index contributed by atoms with van der Waals surface area (Å²) in [5.74, 6) is -1.05. The molecule has 0 saturated heterocycles. The molecule has 1 aromatic carbocycles. The average molecular weight is 238 g/mol. The lowest BCUT2D eigenvalue weighted by Gasteiger charge is -2.19. The fraction of sp³-hybridized carbons (Fsp3) is 0.222. The van der Waals surface area contributed by atoms with Gasteiger partial charge in [0.05, 0.1) is 0 Å². The summed E-state index contributed by atoms with van der Waals surface area (Å²) >= 11 is 3.93. The molecule has 0 amide bonds. The number of hydrogen-bond acceptors (Lipinski definition) is 3. The summed E-state index contributed by atoms with van der Waals surface area (Å²) in [4.78, 5) is 13.6. The number of anilines is 1. The van der Waals surface area contributed by atoms with E-state index in [1.807, 2.05) is 0 Å². The zero-order valence-corrected chi connectivity index (χ0v) is 9.16. The number of para-hydroxylation sites is 1. The average Bonchev–Trinajstić information content (AvgIpc) is 2.29. The third-order valence-electron chi connectivity index (χ3n) is 1.91. The normalized spacial score (nSPS) is 11.3. The molecule has 0 aliphatic carbocycles. The van der Waals surface area contributed by atoms with Crippen LogP contribution in [0.25, 0.3) is 10.4 Å². The molecular formula is C9H10N4O2S. The monoisotopic (exact) mass is 238 g/mol. The zero-order valence-electron chi connectivity index (χ0n) is 8.26. The second-order valence-electron chi connectivity index (χ2n) is 2.90. The van der Waals surface area contributed by atoms with E-state index < -0.39 is 12.0 Å². The quantitative estimate of drug-likeness (QED) is 0.270. The smallest absolute Gasteiger partial charge is 0.350 e. The predicted molar refractivity (Wildman–Crippen MR) is 63.3 cm³/mol. The minimum absolute atomic E-state index is 0.0449. The minimum atomic E-state index is -1.09. The van der Waals surface area contributed by atoms with E-state index in [4.69, 9.17) is 10.6 Å². The van der Waals surface area contributed by atoms with Gasteiger partial charge in [-0.15, -0.1) is 5.53 Å². The van der Waals surface area contributed by atoms with Gasteiger partial charge in [-0.1, -0.05) is 18.2 Å². The predicted octanol–water partition coefficient (Wildman–Crippen LogP) is 2.10. The Morgan fingerprint density at radius 1 is 1.56 bits per heavy atom. The first-order chi connectivity index (χ1) is 7.70. The van der Waals surface area contributed by atoms with Crippen molar-refractivity contribution in [1.29, 1.82) is 0 Å². The van der Waals surface area contributed by atoms with E-state index >= 15 is 0 Å². The van der Waals surface area contributed by atoms with Gasteiger partial charge < -0.3 is 5.11 Å². The number of carboxylic acid groups (broad SMARTS) is 1. The van der Waals surface area contributed by atoms with E-state index in [0.717, 1.165) is 5.01 Å². The highest BCUT2D eigenvalue weighted by molar-refractivity contribution is 7.80. The van der Waals surface area contributed by atoms with Crippen LogP contribution >= 0.6 is 12.6 Å². The van der Waals surface area contributed by atoms with E-state index in [1.54, 1.807) is 30.3 Å². The molecule has 0 radical (unpaired) electrons. The lowest BCUT2D eigenvalue weighted by molar-refractivity contribution is -0.138. The van der Waals surface area contributed by atoms with Crippen LogP contribution in [0.15, 0.2) is 35.6 Å². The molecule has 0 spiro atoms. The van der Waals surface area contributed by atoms with Crippen molar-refractivity contribution >= 4 is 24.3 Å². The van der Waals surface area contributed by atoms with Gasteiger partial charge in [0.25, 0.3) is 0 Å². The Balaban J connectivity index is 3.08. The number of nitrogens with zero attached hydrogens (tertiary/aromatic N) is 4. The number of aliphatic carboxylic acids is 1. The molecule has 0 fully saturated rings. The highest BCUT2D eigenvalue weighted by atomic mass is 32.1. The Morgan fingerprint density at radius 3 is 2.62 bits per heavy atom. The Bertz CT molecular complexity index is 405. The van der Waals surface area contributed by atoms with Crippen molar-refractivity contribution in [2.75, 3.05) is 10.8 Å². The lowest BCUT2D eigenvalue weighted by atomic mass is 10.2. The van der Waals surface area contributed by atoms with Gasteiger partial charge in [-0.2, -0.15) is 22.5 Å². The number of thiol groups is 1. The van der Waals surface area contributed by atoms with Crippen molar-refractivity contribution in [2.45, 2.75) is 6.04 Å². The van der Waals surface area contributed by atoms with Crippen molar-refractivity contribution in [3.63, 3.8) is 0 Å². The van der Waals surface area contributed by atoms with E-state index in [-0.39, 0.29) is 5.75 Å². The Hall–Kier alpha value is -1.85. The molecule has 0 aromatic heterocycles. The topological polar surface area (TPSA) is 89.3 Å². The van der Waals surface area contributed by atoms with Crippen LogP contribution < -0.4 is 5.01 Å². The first kappa shape index (κ1) is 12.2. The van der Waals surface area contributed by atoms with Gasteiger partial charge in [-0.05, 0) is 17.4 Å². The number of rotatable bonds is 5. The van der Waals surface area contributed by atoms with E-state index in [1.165, 1.54) is 0 Å². The molecule has 0 bridgehead atoms. The van der Waals surface area contributed by atoms with Crippen molar-refractivity contribution in [3.8, 4) is 0 Å². The summed E-state index contributed by atoms with van der Waals surface area (Å²) in [5.41, 5.74) is 8.94. The molecule has 7 heteroatoms. The summed E-state index contributed by atoms with van der Waals surface area (Å²) in [6.07, 6.45) is 0. The third-order valence-corrected chi connectivity index (χ3v) is 2.26. The molecule has 1 N–H and O–H groups in total. The maximum atomic E-state index is 10.9. The second kappa shape index (κ2) is 5.89. The highest BCUT2D eigenvalue weighted by Crippen LogP contribution is 2.18. The molecule has 0 aliphatic rings. The van der Waals surface area contributed by atoms with Gasteiger partial charge in [-0.25, -0.2) is 4.79 Å². The van der Waals surface area contributed by atoms with Gasteiger partial charge in [0.2, 0.25) is 6.04 Å². The van der Waals surface area contributed by atoms with E-state index in [0.29, 0.717) is 5.69 Å². The summed E-state index contributed by atoms with van der Waals surface area (Å²) in [6, 6.07) is 7.58.